The van der Waals surface area contributed by atoms with Gasteiger partial charge in [-0.1, -0.05) is 18.2 Å². The van der Waals surface area contributed by atoms with E-state index in [-0.39, 0.29) is 23.7 Å². The van der Waals surface area contributed by atoms with Crippen LogP contribution in [-0.4, -0.2) is 60.9 Å². The molecule has 0 bridgehead atoms. The van der Waals surface area contributed by atoms with Gasteiger partial charge >= 0.3 is 0 Å². The Morgan fingerprint density at radius 1 is 1.09 bits per heavy atom. The maximum atomic E-state index is 13.5. The molecule has 1 unspecified atom stereocenters. The van der Waals surface area contributed by atoms with Crippen LogP contribution in [0.15, 0.2) is 42.5 Å². The summed E-state index contributed by atoms with van der Waals surface area (Å²) in [5.74, 6) is 0.392. The Kier molecular flexibility index (Phi) is 8.22. The molecule has 172 valence electrons. The minimum absolute atomic E-state index is 0.134. The van der Waals surface area contributed by atoms with Crippen LogP contribution < -0.4 is 10.1 Å². The van der Waals surface area contributed by atoms with E-state index in [0.717, 1.165) is 29.8 Å². The zero-order chi connectivity index (χ0) is 23.1. The third-order valence-electron chi connectivity index (χ3n) is 6.05. The van der Waals surface area contributed by atoms with E-state index in [4.69, 9.17) is 4.74 Å². The third kappa shape index (κ3) is 6.29. The number of aryl methyl sites for hydroxylation is 2. The average molecular weight is 442 g/mol. The number of benzene rings is 2. The highest BCUT2D eigenvalue weighted by Gasteiger charge is 2.26. The zero-order valence-electron chi connectivity index (χ0n) is 19.1. The summed E-state index contributed by atoms with van der Waals surface area (Å²) in [5, 5.41) is 2.84. The van der Waals surface area contributed by atoms with Gasteiger partial charge in [0.05, 0.1) is 13.2 Å². The van der Waals surface area contributed by atoms with Crippen LogP contribution in [0.4, 0.5) is 10.1 Å². The molecule has 1 N–H and O–H groups in total. The first-order valence-corrected chi connectivity index (χ1v) is 11.1. The lowest BCUT2D eigenvalue weighted by Gasteiger charge is -2.27. The van der Waals surface area contributed by atoms with Gasteiger partial charge in [-0.2, -0.15) is 0 Å². The summed E-state index contributed by atoms with van der Waals surface area (Å²) in [6.45, 7) is 6.34. The predicted octanol–water partition coefficient (Wildman–Crippen LogP) is 3.64. The number of amides is 2. The molecule has 2 aromatic carbocycles. The monoisotopic (exact) mass is 441 g/mol. The number of anilines is 1. The molecule has 6 nitrogen and oxygen atoms in total. The number of nitrogens with one attached hydrogen (secondary N) is 1. The average Bonchev–Trinajstić information content (AvgIpc) is 3.06. The molecule has 0 aromatic heterocycles. The van der Waals surface area contributed by atoms with Crippen molar-refractivity contribution in [2.75, 3.05) is 38.6 Å². The number of carbonyl (C=O) groups is 2. The molecule has 1 atom stereocenters. The molecule has 7 heteroatoms. The van der Waals surface area contributed by atoms with E-state index < -0.39 is 0 Å². The number of hydrogen-bond acceptors (Lipinski definition) is 4. The summed E-state index contributed by atoms with van der Waals surface area (Å²) in [6, 6.07) is 11.8. The number of rotatable bonds is 7. The summed E-state index contributed by atoms with van der Waals surface area (Å²) in [7, 11) is 1.63. The van der Waals surface area contributed by atoms with E-state index in [1.165, 1.54) is 12.1 Å². The minimum Gasteiger partial charge on any atom is -0.497 e. The molecule has 1 fully saturated rings. The fraction of sp³-hybridized carbons (Fsp3) is 0.440. The largest absolute Gasteiger partial charge is 0.497 e. The molecule has 1 heterocycles. The second kappa shape index (κ2) is 11.1. The highest BCUT2D eigenvalue weighted by atomic mass is 19.1. The Bertz CT molecular complexity index is 933. The van der Waals surface area contributed by atoms with E-state index in [1.54, 1.807) is 13.2 Å². The van der Waals surface area contributed by atoms with Gasteiger partial charge in [0.15, 0.2) is 0 Å². The molecule has 3 rings (SSSR count). The highest BCUT2D eigenvalue weighted by Crippen LogP contribution is 2.18. The maximum Gasteiger partial charge on any atom is 0.241 e. The van der Waals surface area contributed by atoms with E-state index in [0.29, 0.717) is 38.2 Å². The van der Waals surface area contributed by atoms with Gasteiger partial charge in [-0.3, -0.25) is 14.5 Å². The van der Waals surface area contributed by atoms with Crippen molar-refractivity contribution in [1.29, 1.82) is 0 Å². The molecular formula is C25H32FN3O3. The summed E-state index contributed by atoms with van der Waals surface area (Å²) < 4.78 is 18.7. The molecule has 2 aromatic rings. The van der Waals surface area contributed by atoms with Gasteiger partial charge in [0.2, 0.25) is 11.8 Å². The molecule has 0 aliphatic carbocycles. The number of methoxy groups -OCH3 is 1. The fourth-order valence-electron chi connectivity index (χ4n) is 3.91. The van der Waals surface area contributed by atoms with E-state index in [1.807, 2.05) is 43.0 Å². The Hall–Kier alpha value is -2.93. The van der Waals surface area contributed by atoms with Crippen LogP contribution in [0.2, 0.25) is 0 Å². The van der Waals surface area contributed by atoms with Crippen molar-refractivity contribution < 1.29 is 18.7 Å². The van der Waals surface area contributed by atoms with Crippen molar-refractivity contribution in [2.45, 2.75) is 39.2 Å². The van der Waals surface area contributed by atoms with Gasteiger partial charge < -0.3 is 15.0 Å². The van der Waals surface area contributed by atoms with Crippen molar-refractivity contribution in [1.82, 2.24) is 9.80 Å². The fourth-order valence-corrected chi connectivity index (χ4v) is 3.91. The van der Waals surface area contributed by atoms with Gasteiger partial charge in [0.1, 0.15) is 11.6 Å². The molecule has 1 aliphatic rings. The second-order valence-corrected chi connectivity index (χ2v) is 8.24. The Balaban J connectivity index is 1.50. The Morgan fingerprint density at radius 2 is 1.84 bits per heavy atom. The first kappa shape index (κ1) is 23.7. The van der Waals surface area contributed by atoms with E-state index >= 15 is 0 Å². The van der Waals surface area contributed by atoms with E-state index in [9.17, 15) is 14.0 Å². The van der Waals surface area contributed by atoms with Gasteiger partial charge in [0.25, 0.3) is 0 Å². The van der Waals surface area contributed by atoms with Crippen molar-refractivity contribution in [3.63, 3.8) is 0 Å². The maximum absolute atomic E-state index is 13.5. The summed E-state index contributed by atoms with van der Waals surface area (Å²) >= 11 is 0. The van der Waals surface area contributed by atoms with Crippen molar-refractivity contribution >= 4 is 17.5 Å². The second-order valence-electron chi connectivity index (χ2n) is 8.24. The summed E-state index contributed by atoms with van der Waals surface area (Å²) in [6.07, 6.45) is 1.96. The van der Waals surface area contributed by atoms with Crippen molar-refractivity contribution in [2.24, 2.45) is 0 Å². The molecule has 2 amide bonds. The Morgan fingerprint density at radius 3 is 2.56 bits per heavy atom. The first-order valence-electron chi connectivity index (χ1n) is 11.1. The van der Waals surface area contributed by atoms with Gasteiger partial charge in [-0.05, 0) is 62.1 Å². The van der Waals surface area contributed by atoms with Crippen LogP contribution >= 0.6 is 0 Å². The zero-order valence-corrected chi connectivity index (χ0v) is 19.1. The molecular weight excluding hydrogens is 409 g/mol. The SMILES string of the molecule is COc1ccc(CCC(=O)N2CCCN(C(C)C(=O)Nc3cc(F)ccc3C)CC2)cc1. The number of carbonyl (C=O) groups excluding carboxylic acids is 2. The molecule has 32 heavy (non-hydrogen) atoms. The lowest BCUT2D eigenvalue weighted by atomic mass is 10.1. The van der Waals surface area contributed by atoms with E-state index in [2.05, 4.69) is 10.2 Å². The lowest BCUT2D eigenvalue weighted by molar-refractivity contribution is -0.131. The van der Waals surface area contributed by atoms with Crippen LogP contribution in [0.25, 0.3) is 0 Å². The van der Waals surface area contributed by atoms with Crippen molar-refractivity contribution in [3.05, 3.63) is 59.4 Å². The van der Waals surface area contributed by atoms with Crippen LogP contribution in [0, 0.1) is 12.7 Å². The normalized spacial score (nSPS) is 15.7. The number of hydrogen-bond donors (Lipinski definition) is 1. The van der Waals surface area contributed by atoms with Crippen LogP contribution in [0.5, 0.6) is 5.75 Å². The predicted molar refractivity (Wildman–Crippen MR) is 123 cm³/mol. The van der Waals surface area contributed by atoms with Crippen LogP contribution in [0.3, 0.4) is 0 Å². The quantitative estimate of drug-likeness (QED) is 0.713. The van der Waals surface area contributed by atoms with Crippen molar-refractivity contribution in [3.8, 4) is 5.75 Å². The number of ether oxygens (including phenoxy) is 1. The number of halogens is 1. The smallest absolute Gasteiger partial charge is 0.241 e. The first-order chi connectivity index (χ1) is 15.4. The molecule has 0 radical (unpaired) electrons. The molecule has 1 saturated heterocycles. The number of nitrogens with zero attached hydrogens (tertiary/aromatic N) is 2. The van der Waals surface area contributed by atoms with Gasteiger partial charge in [-0.15, -0.1) is 0 Å². The standard InChI is InChI=1S/C25H32FN3O3/c1-18-5-9-21(26)17-23(18)27-25(31)19(2)28-13-4-14-29(16-15-28)24(30)12-8-20-6-10-22(32-3)11-7-20/h5-7,9-11,17,19H,4,8,12-16H2,1-3H3,(H,27,31). The van der Waals surface area contributed by atoms with Crippen LogP contribution in [0.1, 0.15) is 30.9 Å². The Labute approximate surface area is 189 Å². The highest BCUT2D eigenvalue weighted by molar-refractivity contribution is 5.95. The lowest BCUT2D eigenvalue weighted by Crippen LogP contribution is -2.44. The van der Waals surface area contributed by atoms with Gasteiger partial charge in [-0.25, -0.2) is 4.39 Å². The minimum atomic E-state index is -0.378. The van der Waals surface area contributed by atoms with Gasteiger partial charge in [0, 0.05) is 38.3 Å². The topological polar surface area (TPSA) is 61.9 Å². The third-order valence-corrected chi connectivity index (χ3v) is 6.05. The molecule has 0 saturated carbocycles. The molecule has 1 aliphatic heterocycles. The van der Waals surface area contributed by atoms with Crippen LogP contribution in [-0.2, 0) is 16.0 Å². The summed E-state index contributed by atoms with van der Waals surface area (Å²) in [5.41, 5.74) is 2.41. The summed E-state index contributed by atoms with van der Waals surface area (Å²) in [4.78, 5) is 29.5. The molecule has 0 spiro atoms.